The minimum absolute atomic E-state index is 0.0498. The molecule has 0 radical (unpaired) electrons. The largest absolute Gasteiger partial charge is 0.453 e. The molecule has 0 aliphatic carbocycles. The third-order valence-electron chi connectivity index (χ3n) is 2.81. The van der Waals surface area contributed by atoms with E-state index in [1.807, 2.05) is 6.92 Å². The number of hydrogen-bond acceptors (Lipinski definition) is 3. The van der Waals surface area contributed by atoms with Gasteiger partial charge in [-0.3, -0.25) is 0 Å². The molecule has 2 atom stereocenters. The first-order valence-electron chi connectivity index (χ1n) is 4.51. The van der Waals surface area contributed by atoms with Gasteiger partial charge in [-0.2, -0.15) is 0 Å². The van der Waals surface area contributed by atoms with Crippen molar-refractivity contribution in [3.05, 3.63) is 0 Å². The molecule has 4 nitrogen and oxygen atoms in total. The van der Waals surface area contributed by atoms with Gasteiger partial charge >= 0.3 is 6.09 Å². The zero-order valence-corrected chi connectivity index (χ0v) is 8.42. The van der Waals surface area contributed by atoms with Crippen molar-refractivity contribution in [1.29, 1.82) is 0 Å². The van der Waals surface area contributed by atoms with Crippen LogP contribution < -0.4 is 5.32 Å². The molecule has 1 rings (SSSR count). The van der Waals surface area contributed by atoms with Crippen LogP contribution in [0.25, 0.3) is 0 Å². The van der Waals surface area contributed by atoms with E-state index >= 15 is 0 Å². The van der Waals surface area contributed by atoms with Gasteiger partial charge in [-0.05, 0) is 13.3 Å². The lowest BCUT2D eigenvalue weighted by Crippen LogP contribution is -2.44. The summed E-state index contributed by atoms with van der Waals surface area (Å²) in [5, 5.41) is 2.77. The van der Waals surface area contributed by atoms with E-state index in [0.29, 0.717) is 6.61 Å². The second-order valence-corrected chi connectivity index (χ2v) is 3.81. The molecular formula is C9H17NO3. The van der Waals surface area contributed by atoms with Crippen LogP contribution in [0.3, 0.4) is 0 Å². The van der Waals surface area contributed by atoms with E-state index < -0.39 is 0 Å². The summed E-state index contributed by atoms with van der Waals surface area (Å²) in [5.74, 6) is 0. The Morgan fingerprint density at radius 1 is 1.69 bits per heavy atom. The van der Waals surface area contributed by atoms with E-state index in [4.69, 9.17) is 4.74 Å². The van der Waals surface area contributed by atoms with Crippen LogP contribution >= 0.6 is 0 Å². The number of rotatable bonds is 2. The number of carbonyl (C=O) groups is 1. The molecule has 76 valence electrons. The second-order valence-electron chi connectivity index (χ2n) is 3.81. The van der Waals surface area contributed by atoms with Gasteiger partial charge in [-0.1, -0.05) is 6.92 Å². The molecule has 0 aromatic heterocycles. The number of nitrogens with one attached hydrogen (secondary N) is 1. The fourth-order valence-electron chi connectivity index (χ4n) is 1.43. The van der Waals surface area contributed by atoms with Crippen molar-refractivity contribution in [1.82, 2.24) is 5.32 Å². The van der Waals surface area contributed by atoms with Gasteiger partial charge in [0.05, 0.1) is 13.7 Å². The molecule has 2 unspecified atom stereocenters. The van der Waals surface area contributed by atoms with Crippen LogP contribution in [0, 0.1) is 5.41 Å². The molecule has 1 heterocycles. The van der Waals surface area contributed by atoms with Crippen molar-refractivity contribution >= 4 is 6.09 Å². The zero-order chi connectivity index (χ0) is 9.90. The number of alkyl carbamates (subject to hydrolysis) is 1. The SMILES string of the molecule is COC(=O)NC(C)C1(C)CCOC1. The van der Waals surface area contributed by atoms with Crippen molar-refractivity contribution in [3.8, 4) is 0 Å². The van der Waals surface area contributed by atoms with Gasteiger partial charge in [0.15, 0.2) is 0 Å². The number of ether oxygens (including phenoxy) is 2. The molecule has 1 aliphatic heterocycles. The topological polar surface area (TPSA) is 47.6 Å². The summed E-state index contributed by atoms with van der Waals surface area (Å²) in [4.78, 5) is 10.9. The van der Waals surface area contributed by atoms with Gasteiger partial charge in [0.25, 0.3) is 0 Å². The highest BCUT2D eigenvalue weighted by molar-refractivity contribution is 5.67. The third-order valence-corrected chi connectivity index (χ3v) is 2.81. The van der Waals surface area contributed by atoms with Crippen molar-refractivity contribution in [3.63, 3.8) is 0 Å². The monoisotopic (exact) mass is 187 g/mol. The molecule has 13 heavy (non-hydrogen) atoms. The van der Waals surface area contributed by atoms with Crippen LogP contribution in [-0.2, 0) is 9.47 Å². The Morgan fingerprint density at radius 2 is 2.38 bits per heavy atom. The van der Waals surface area contributed by atoms with Crippen LogP contribution in [0.1, 0.15) is 20.3 Å². The molecule has 0 aromatic rings. The van der Waals surface area contributed by atoms with Crippen LogP contribution in [0.15, 0.2) is 0 Å². The Labute approximate surface area is 78.6 Å². The van der Waals surface area contributed by atoms with Gasteiger partial charge in [-0.15, -0.1) is 0 Å². The van der Waals surface area contributed by atoms with E-state index in [0.717, 1.165) is 13.0 Å². The molecule has 0 bridgehead atoms. The van der Waals surface area contributed by atoms with Crippen molar-refractivity contribution < 1.29 is 14.3 Å². The predicted molar refractivity (Wildman–Crippen MR) is 48.5 cm³/mol. The van der Waals surface area contributed by atoms with Crippen LogP contribution in [0.5, 0.6) is 0 Å². The van der Waals surface area contributed by atoms with Gasteiger partial charge < -0.3 is 14.8 Å². The van der Waals surface area contributed by atoms with Crippen LogP contribution in [0.4, 0.5) is 4.79 Å². The Bertz CT molecular complexity index is 187. The number of carbonyl (C=O) groups excluding carboxylic acids is 1. The molecule has 1 saturated heterocycles. The minimum atomic E-state index is -0.374. The predicted octanol–water partition coefficient (Wildman–Crippen LogP) is 1.16. The average Bonchev–Trinajstić information content (AvgIpc) is 2.53. The summed E-state index contributed by atoms with van der Waals surface area (Å²) in [6, 6.07) is 0.0856. The fourth-order valence-corrected chi connectivity index (χ4v) is 1.43. The molecule has 1 N–H and O–H groups in total. The summed E-state index contributed by atoms with van der Waals surface area (Å²) in [5.41, 5.74) is 0.0498. The maximum atomic E-state index is 10.9. The molecule has 1 aliphatic rings. The summed E-state index contributed by atoms with van der Waals surface area (Å²) in [7, 11) is 1.37. The highest BCUT2D eigenvalue weighted by Crippen LogP contribution is 2.31. The smallest absolute Gasteiger partial charge is 0.407 e. The van der Waals surface area contributed by atoms with Crippen molar-refractivity contribution in [2.24, 2.45) is 5.41 Å². The average molecular weight is 187 g/mol. The second kappa shape index (κ2) is 3.96. The van der Waals surface area contributed by atoms with E-state index in [9.17, 15) is 4.79 Å². The van der Waals surface area contributed by atoms with Gasteiger partial charge in [0.2, 0.25) is 0 Å². The molecule has 0 aromatic carbocycles. The lowest BCUT2D eigenvalue weighted by Gasteiger charge is -2.29. The number of methoxy groups -OCH3 is 1. The lowest BCUT2D eigenvalue weighted by molar-refractivity contribution is 0.126. The fraction of sp³-hybridized carbons (Fsp3) is 0.889. The van der Waals surface area contributed by atoms with Crippen LogP contribution in [-0.4, -0.2) is 32.5 Å². The number of hydrogen-bond donors (Lipinski definition) is 1. The molecule has 1 fully saturated rings. The van der Waals surface area contributed by atoms with Gasteiger partial charge in [0.1, 0.15) is 0 Å². The standard InChI is InChI=1S/C9H17NO3/c1-7(10-8(11)12-3)9(2)4-5-13-6-9/h7H,4-6H2,1-3H3,(H,10,11). The Hall–Kier alpha value is -0.770. The number of amides is 1. The highest BCUT2D eigenvalue weighted by atomic mass is 16.5. The maximum absolute atomic E-state index is 10.9. The molecule has 4 heteroatoms. The quantitative estimate of drug-likeness (QED) is 0.705. The Balaban J connectivity index is 2.46. The van der Waals surface area contributed by atoms with E-state index in [1.165, 1.54) is 7.11 Å². The summed E-state index contributed by atoms with van der Waals surface area (Å²) in [6.45, 7) is 5.58. The zero-order valence-electron chi connectivity index (χ0n) is 8.42. The summed E-state index contributed by atoms with van der Waals surface area (Å²) < 4.78 is 9.84. The van der Waals surface area contributed by atoms with E-state index in [1.54, 1.807) is 0 Å². The Kier molecular flexibility index (Phi) is 3.14. The lowest BCUT2D eigenvalue weighted by atomic mass is 9.83. The van der Waals surface area contributed by atoms with E-state index in [-0.39, 0.29) is 17.6 Å². The van der Waals surface area contributed by atoms with E-state index in [2.05, 4.69) is 17.0 Å². The minimum Gasteiger partial charge on any atom is -0.453 e. The normalized spacial score (nSPS) is 29.8. The first-order valence-corrected chi connectivity index (χ1v) is 4.51. The van der Waals surface area contributed by atoms with Gasteiger partial charge in [-0.25, -0.2) is 4.79 Å². The Morgan fingerprint density at radius 3 is 2.85 bits per heavy atom. The first kappa shape index (κ1) is 10.3. The maximum Gasteiger partial charge on any atom is 0.407 e. The summed E-state index contributed by atoms with van der Waals surface area (Å²) >= 11 is 0. The first-order chi connectivity index (χ1) is 6.08. The highest BCUT2D eigenvalue weighted by Gasteiger charge is 2.36. The molecule has 0 spiro atoms. The van der Waals surface area contributed by atoms with Crippen molar-refractivity contribution in [2.75, 3.05) is 20.3 Å². The van der Waals surface area contributed by atoms with Gasteiger partial charge in [0, 0.05) is 18.1 Å². The third kappa shape index (κ3) is 2.34. The van der Waals surface area contributed by atoms with Crippen molar-refractivity contribution in [2.45, 2.75) is 26.3 Å². The molecule has 1 amide bonds. The van der Waals surface area contributed by atoms with Crippen LogP contribution in [0.2, 0.25) is 0 Å². The molecular weight excluding hydrogens is 170 g/mol. The summed E-state index contributed by atoms with van der Waals surface area (Å²) in [6.07, 6.45) is 0.610. The molecule has 0 saturated carbocycles.